The molecule has 0 spiro atoms. The number of benzene rings is 3. The fraction of sp³-hybridized carbons (Fsp3) is 0.115. The number of halogens is 1. The minimum atomic E-state index is -3.43. The maximum atomic E-state index is 12.1. The van der Waals surface area contributed by atoms with Gasteiger partial charge >= 0.3 is 0 Å². The molecule has 0 aliphatic heterocycles. The second-order valence-electron chi connectivity index (χ2n) is 7.74. The predicted octanol–water partition coefficient (Wildman–Crippen LogP) is 5.78. The van der Waals surface area contributed by atoms with E-state index in [0.717, 1.165) is 28.6 Å². The van der Waals surface area contributed by atoms with Crippen LogP contribution in [0.4, 0.5) is 0 Å². The summed E-state index contributed by atoms with van der Waals surface area (Å²) in [7, 11) is -3.43. The van der Waals surface area contributed by atoms with Crippen LogP contribution in [-0.4, -0.2) is 26.1 Å². The Morgan fingerprint density at radius 2 is 1.58 bits per heavy atom. The van der Waals surface area contributed by atoms with Crippen molar-refractivity contribution in [2.45, 2.75) is 16.9 Å². The first kappa shape index (κ1) is 22.8. The normalized spacial score (nSPS) is 13.3. The van der Waals surface area contributed by atoms with E-state index in [0.29, 0.717) is 17.1 Å². The minimum Gasteiger partial charge on any atom is -0.459 e. The zero-order chi connectivity index (χ0) is 23.4. The SMILES string of the molecule is CS(=O)(=O)c1cccc(C(OC=O)C(c2ccccc2)c2c[nH]c(-c3ccc(Cl)cc3)c2)c1. The van der Waals surface area contributed by atoms with Crippen LogP contribution < -0.4 is 0 Å². The Kier molecular flexibility index (Phi) is 6.67. The molecule has 0 amide bonds. The highest BCUT2D eigenvalue weighted by atomic mass is 35.5. The van der Waals surface area contributed by atoms with Gasteiger partial charge in [0.05, 0.1) is 10.8 Å². The molecule has 0 aliphatic rings. The topological polar surface area (TPSA) is 76.2 Å². The third-order valence-corrected chi connectivity index (χ3v) is 6.86. The zero-order valence-electron chi connectivity index (χ0n) is 17.8. The molecule has 33 heavy (non-hydrogen) atoms. The van der Waals surface area contributed by atoms with Gasteiger partial charge in [0.1, 0.15) is 6.10 Å². The number of carbonyl (C=O) groups excluding carboxylic acids is 1. The van der Waals surface area contributed by atoms with Gasteiger partial charge in [-0.05, 0) is 52.6 Å². The summed E-state index contributed by atoms with van der Waals surface area (Å²) >= 11 is 6.02. The third-order valence-electron chi connectivity index (χ3n) is 5.50. The fourth-order valence-corrected chi connectivity index (χ4v) is 4.72. The Hall–Kier alpha value is -3.35. The molecule has 1 heterocycles. The Balaban J connectivity index is 1.83. The smallest absolute Gasteiger partial charge is 0.293 e. The first-order valence-electron chi connectivity index (χ1n) is 10.2. The summed E-state index contributed by atoms with van der Waals surface area (Å²) in [6.07, 6.45) is 2.30. The van der Waals surface area contributed by atoms with Gasteiger partial charge in [-0.25, -0.2) is 8.42 Å². The van der Waals surface area contributed by atoms with Gasteiger partial charge in [0.15, 0.2) is 9.84 Å². The lowest BCUT2D eigenvalue weighted by atomic mass is 9.84. The number of hydrogen-bond acceptors (Lipinski definition) is 4. The largest absolute Gasteiger partial charge is 0.459 e. The quantitative estimate of drug-likeness (QED) is 0.325. The molecule has 0 radical (unpaired) electrons. The molecule has 1 aromatic heterocycles. The summed E-state index contributed by atoms with van der Waals surface area (Å²) in [5.74, 6) is -0.372. The number of carbonyl (C=O) groups is 1. The van der Waals surface area contributed by atoms with Crippen molar-refractivity contribution in [3.63, 3.8) is 0 Å². The summed E-state index contributed by atoms with van der Waals surface area (Å²) in [6.45, 7) is 0.403. The second-order valence-corrected chi connectivity index (χ2v) is 10.2. The van der Waals surface area contributed by atoms with Crippen LogP contribution in [-0.2, 0) is 19.4 Å². The highest BCUT2D eigenvalue weighted by Gasteiger charge is 2.30. The van der Waals surface area contributed by atoms with Crippen LogP contribution in [0.25, 0.3) is 11.3 Å². The number of H-pyrrole nitrogens is 1. The molecule has 4 aromatic rings. The van der Waals surface area contributed by atoms with Gasteiger partial charge in [0, 0.05) is 23.2 Å². The highest BCUT2D eigenvalue weighted by Crippen LogP contribution is 2.40. The molecule has 0 aliphatic carbocycles. The van der Waals surface area contributed by atoms with Gasteiger partial charge in [-0.15, -0.1) is 0 Å². The van der Waals surface area contributed by atoms with E-state index < -0.39 is 15.9 Å². The summed E-state index contributed by atoms with van der Waals surface area (Å²) in [4.78, 5) is 15.0. The first-order valence-corrected chi connectivity index (χ1v) is 12.5. The number of aromatic nitrogens is 1. The van der Waals surface area contributed by atoms with Crippen LogP contribution in [0.5, 0.6) is 0 Å². The third kappa shape index (κ3) is 5.18. The Bertz CT molecular complexity index is 1350. The molecule has 4 rings (SSSR count). The molecule has 0 bridgehead atoms. The van der Waals surface area contributed by atoms with Crippen LogP contribution in [0.3, 0.4) is 0 Å². The Morgan fingerprint density at radius 1 is 0.879 bits per heavy atom. The van der Waals surface area contributed by atoms with Gasteiger partial charge in [0.25, 0.3) is 6.47 Å². The molecule has 3 aromatic carbocycles. The summed E-state index contributed by atoms with van der Waals surface area (Å²) in [5, 5.41) is 0.651. The highest BCUT2D eigenvalue weighted by molar-refractivity contribution is 7.90. The lowest BCUT2D eigenvalue weighted by Gasteiger charge is -2.26. The van der Waals surface area contributed by atoms with Crippen molar-refractivity contribution in [2.75, 3.05) is 6.26 Å². The number of sulfone groups is 1. The molecule has 2 unspecified atom stereocenters. The predicted molar refractivity (Wildman–Crippen MR) is 129 cm³/mol. The minimum absolute atomic E-state index is 0.169. The van der Waals surface area contributed by atoms with Gasteiger partial charge in [-0.1, -0.05) is 66.2 Å². The number of aromatic amines is 1. The molecular weight excluding hydrogens is 458 g/mol. The van der Waals surface area contributed by atoms with Crippen LogP contribution in [0.1, 0.15) is 28.7 Å². The molecule has 2 atom stereocenters. The van der Waals surface area contributed by atoms with E-state index in [2.05, 4.69) is 4.98 Å². The fourth-order valence-electron chi connectivity index (χ4n) is 3.92. The Labute approximate surface area is 197 Å². The van der Waals surface area contributed by atoms with Crippen molar-refractivity contribution >= 4 is 27.9 Å². The van der Waals surface area contributed by atoms with Crippen LogP contribution in [0.2, 0.25) is 5.02 Å². The van der Waals surface area contributed by atoms with Crippen LogP contribution in [0, 0.1) is 0 Å². The molecule has 7 heteroatoms. The van der Waals surface area contributed by atoms with E-state index in [4.69, 9.17) is 16.3 Å². The molecule has 0 fully saturated rings. The molecule has 168 valence electrons. The average molecular weight is 480 g/mol. The van der Waals surface area contributed by atoms with Crippen LogP contribution in [0.15, 0.2) is 96.0 Å². The number of rotatable bonds is 8. The summed E-state index contributed by atoms with van der Waals surface area (Å²) in [6, 6.07) is 25.7. The van der Waals surface area contributed by atoms with Crippen molar-refractivity contribution in [3.8, 4) is 11.3 Å². The lowest BCUT2D eigenvalue weighted by molar-refractivity contribution is -0.134. The van der Waals surface area contributed by atoms with Crippen molar-refractivity contribution in [1.82, 2.24) is 4.98 Å². The lowest BCUT2D eigenvalue weighted by Crippen LogP contribution is -2.16. The summed E-state index contributed by atoms with van der Waals surface area (Å²) in [5.41, 5.74) is 4.26. The monoisotopic (exact) mass is 479 g/mol. The maximum Gasteiger partial charge on any atom is 0.293 e. The molecule has 1 N–H and O–H groups in total. The molecular formula is C26H22ClNO4S. The zero-order valence-corrected chi connectivity index (χ0v) is 19.4. The van der Waals surface area contributed by atoms with Gasteiger partial charge in [0.2, 0.25) is 0 Å². The van der Waals surface area contributed by atoms with Crippen LogP contribution >= 0.6 is 11.6 Å². The van der Waals surface area contributed by atoms with Gasteiger partial charge in [-0.3, -0.25) is 4.79 Å². The van der Waals surface area contributed by atoms with E-state index in [1.165, 1.54) is 6.07 Å². The van der Waals surface area contributed by atoms with E-state index >= 15 is 0 Å². The summed E-state index contributed by atoms with van der Waals surface area (Å²) < 4.78 is 29.9. The molecule has 5 nitrogen and oxygen atoms in total. The number of hydrogen-bond donors (Lipinski definition) is 1. The average Bonchev–Trinajstić information content (AvgIpc) is 3.29. The van der Waals surface area contributed by atoms with Gasteiger partial charge in [-0.2, -0.15) is 0 Å². The second kappa shape index (κ2) is 9.65. The standard InChI is InChI=1S/C26H22ClNO4S/c1-33(30,31)23-9-5-8-20(14-23)26(32-17-29)25(19-6-3-2-4-7-19)21-15-24(28-16-21)18-10-12-22(27)13-11-18/h2-17,25-26,28H,1H3. The number of nitrogens with one attached hydrogen (secondary N) is 1. The van der Waals surface area contributed by atoms with Gasteiger partial charge < -0.3 is 9.72 Å². The first-order chi connectivity index (χ1) is 15.9. The Morgan fingerprint density at radius 3 is 2.24 bits per heavy atom. The van der Waals surface area contributed by atoms with Crippen molar-refractivity contribution < 1.29 is 17.9 Å². The maximum absolute atomic E-state index is 12.1. The van der Waals surface area contributed by atoms with Crippen molar-refractivity contribution in [1.29, 1.82) is 0 Å². The van der Waals surface area contributed by atoms with Crippen molar-refractivity contribution in [2.24, 2.45) is 0 Å². The number of ether oxygens (including phenoxy) is 1. The van der Waals surface area contributed by atoms with Crippen molar-refractivity contribution in [3.05, 3.63) is 113 Å². The van der Waals surface area contributed by atoms with E-state index in [9.17, 15) is 13.2 Å². The van der Waals surface area contributed by atoms with E-state index in [1.54, 1.807) is 18.2 Å². The van der Waals surface area contributed by atoms with E-state index in [1.807, 2.05) is 66.9 Å². The molecule has 0 saturated carbocycles. The molecule has 0 saturated heterocycles. The van der Waals surface area contributed by atoms with E-state index in [-0.39, 0.29) is 10.8 Å².